The second kappa shape index (κ2) is 5.95. The lowest BCUT2D eigenvalue weighted by Gasteiger charge is -2.09. The fraction of sp³-hybridized carbons (Fsp3) is 0.455. The molecule has 0 fully saturated rings. The summed E-state index contributed by atoms with van der Waals surface area (Å²) in [5, 5.41) is 13.4. The SMILES string of the molecule is CNCCc1cc(Cl)c(COC)cc1O. The van der Waals surface area contributed by atoms with Crippen molar-refractivity contribution in [3.8, 4) is 5.75 Å². The first-order valence-electron chi connectivity index (χ1n) is 4.82. The van der Waals surface area contributed by atoms with Gasteiger partial charge in [0, 0.05) is 12.1 Å². The third-order valence-corrected chi connectivity index (χ3v) is 2.54. The van der Waals surface area contributed by atoms with Gasteiger partial charge in [-0.15, -0.1) is 0 Å². The number of halogens is 1. The maximum absolute atomic E-state index is 9.73. The molecule has 2 N–H and O–H groups in total. The molecule has 4 heteroatoms. The van der Waals surface area contributed by atoms with Gasteiger partial charge in [-0.25, -0.2) is 0 Å². The monoisotopic (exact) mass is 229 g/mol. The van der Waals surface area contributed by atoms with Crippen molar-refractivity contribution in [3.05, 3.63) is 28.3 Å². The smallest absolute Gasteiger partial charge is 0.119 e. The van der Waals surface area contributed by atoms with Crippen LogP contribution < -0.4 is 5.32 Å². The number of aromatic hydroxyl groups is 1. The Bertz CT molecular complexity index is 329. The Morgan fingerprint density at radius 1 is 1.40 bits per heavy atom. The van der Waals surface area contributed by atoms with Crippen LogP contribution in [0.2, 0.25) is 5.02 Å². The molecule has 3 nitrogen and oxygen atoms in total. The van der Waals surface area contributed by atoms with Gasteiger partial charge in [0.25, 0.3) is 0 Å². The zero-order chi connectivity index (χ0) is 11.3. The van der Waals surface area contributed by atoms with Crippen molar-refractivity contribution < 1.29 is 9.84 Å². The molecule has 0 radical (unpaired) electrons. The van der Waals surface area contributed by atoms with Crippen LogP contribution in [0.3, 0.4) is 0 Å². The minimum Gasteiger partial charge on any atom is -0.508 e. The summed E-state index contributed by atoms with van der Waals surface area (Å²) < 4.78 is 4.98. The summed E-state index contributed by atoms with van der Waals surface area (Å²) in [5.74, 6) is 0.279. The van der Waals surface area contributed by atoms with Crippen LogP contribution >= 0.6 is 11.6 Å². The van der Waals surface area contributed by atoms with Gasteiger partial charge in [0.2, 0.25) is 0 Å². The summed E-state index contributed by atoms with van der Waals surface area (Å²) in [6.07, 6.45) is 0.759. The first-order chi connectivity index (χ1) is 7.19. The molecule has 0 aliphatic rings. The van der Waals surface area contributed by atoms with E-state index in [9.17, 15) is 5.11 Å². The van der Waals surface area contributed by atoms with Crippen LogP contribution in [0.5, 0.6) is 5.75 Å². The maximum Gasteiger partial charge on any atom is 0.119 e. The van der Waals surface area contributed by atoms with Crippen molar-refractivity contribution in [2.75, 3.05) is 20.7 Å². The van der Waals surface area contributed by atoms with Gasteiger partial charge in [-0.2, -0.15) is 0 Å². The van der Waals surface area contributed by atoms with Crippen molar-refractivity contribution in [3.63, 3.8) is 0 Å². The average molecular weight is 230 g/mol. The Kier molecular flexibility index (Phi) is 4.88. The van der Waals surface area contributed by atoms with Gasteiger partial charge < -0.3 is 15.2 Å². The van der Waals surface area contributed by atoms with E-state index in [1.807, 2.05) is 7.05 Å². The van der Waals surface area contributed by atoms with Crippen molar-refractivity contribution in [1.82, 2.24) is 5.32 Å². The van der Waals surface area contributed by atoms with Gasteiger partial charge in [0.15, 0.2) is 0 Å². The summed E-state index contributed by atoms with van der Waals surface area (Å²) >= 11 is 6.05. The van der Waals surface area contributed by atoms with Crippen molar-refractivity contribution >= 4 is 11.6 Å². The van der Waals surface area contributed by atoms with Crippen molar-refractivity contribution in [2.24, 2.45) is 0 Å². The standard InChI is InChI=1S/C11H16ClNO2/c1-13-4-3-8-5-10(12)9(7-15-2)6-11(8)14/h5-6,13-14H,3-4,7H2,1-2H3. The Hall–Kier alpha value is -0.770. The molecule has 0 aromatic heterocycles. The van der Waals surface area contributed by atoms with E-state index in [0.717, 1.165) is 24.1 Å². The van der Waals surface area contributed by atoms with Gasteiger partial charge in [-0.3, -0.25) is 0 Å². The van der Waals surface area contributed by atoms with E-state index in [0.29, 0.717) is 11.6 Å². The van der Waals surface area contributed by atoms with Gasteiger partial charge in [0.1, 0.15) is 5.75 Å². The third kappa shape index (κ3) is 3.38. The highest BCUT2D eigenvalue weighted by Gasteiger charge is 2.07. The number of ether oxygens (including phenoxy) is 1. The molecule has 0 aliphatic heterocycles. The van der Waals surface area contributed by atoms with Crippen molar-refractivity contribution in [2.45, 2.75) is 13.0 Å². The Balaban J connectivity index is 2.87. The van der Waals surface area contributed by atoms with E-state index >= 15 is 0 Å². The molecule has 15 heavy (non-hydrogen) atoms. The van der Waals surface area contributed by atoms with E-state index in [1.165, 1.54) is 0 Å². The van der Waals surface area contributed by atoms with E-state index in [-0.39, 0.29) is 5.75 Å². The third-order valence-electron chi connectivity index (χ3n) is 2.19. The molecule has 0 saturated carbocycles. The number of methoxy groups -OCH3 is 1. The highest BCUT2D eigenvalue weighted by Crippen LogP contribution is 2.26. The van der Waals surface area contributed by atoms with Crippen LogP contribution in [0.25, 0.3) is 0 Å². The summed E-state index contributed by atoms with van der Waals surface area (Å²) in [7, 11) is 3.47. The zero-order valence-electron chi connectivity index (χ0n) is 9.01. The molecule has 0 atom stereocenters. The number of nitrogens with one attached hydrogen (secondary N) is 1. The van der Waals surface area contributed by atoms with E-state index in [1.54, 1.807) is 19.2 Å². The normalized spacial score (nSPS) is 10.6. The molecule has 1 rings (SSSR count). The number of hydrogen-bond donors (Lipinski definition) is 2. The van der Waals surface area contributed by atoms with E-state index < -0.39 is 0 Å². The fourth-order valence-electron chi connectivity index (χ4n) is 1.37. The van der Waals surface area contributed by atoms with E-state index in [2.05, 4.69) is 5.32 Å². The summed E-state index contributed by atoms with van der Waals surface area (Å²) in [6.45, 7) is 1.23. The second-order valence-electron chi connectivity index (χ2n) is 3.36. The number of phenolic OH excluding ortho intramolecular Hbond substituents is 1. The molecule has 0 amide bonds. The highest BCUT2D eigenvalue weighted by atomic mass is 35.5. The number of likely N-dealkylation sites (N-methyl/N-ethyl adjacent to an activating group) is 1. The van der Waals surface area contributed by atoms with Crippen LogP contribution in [-0.2, 0) is 17.8 Å². The topological polar surface area (TPSA) is 41.5 Å². The van der Waals surface area contributed by atoms with Crippen LogP contribution in [0, 0.1) is 0 Å². The minimum absolute atomic E-state index is 0.279. The number of benzene rings is 1. The predicted octanol–water partition coefficient (Wildman–Crippen LogP) is 1.95. The Morgan fingerprint density at radius 3 is 2.73 bits per heavy atom. The minimum atomic E-state index is 0.279. The van der Waals surface area contributed by atoms with Gasteiger partial charge >= 0.3 is 0 Å². The first kappa shape index (κ1) is 12.3. The second-order valence-corrected chi connectivity index (χ2v) is 3.77. The van der Waals surface area contributed by atoms with Gasteiger partial charge in [-0.1, -0.05) is 11.6 Å². The number of phenols is 1. The molecule has 84 valence electrons. The largest absolute Gasteiger partial charge is 0.508 e. The molecule has 0 aliphatic carbocycles. The number of hydrogen-bond acceptors (Lipinski definition) is 3. The fourth-order valence-corrected chi connectivity index (χ4v) is 1.61. The summed E-state index contributed by atoms with van der Waals surface area (Å²) in [4.78, 5) is 0. The van der Waals surface area contributed by atoms with Crippen molar-refractivity contribution in [1.29, 1.82) is 0 Å². The summed E-state index contributed by atoms with van der Waals surface area (Å²) in [5.41, 5.74) is 1.67. The zero-order valence-corrected chi connectivity index (χ0v) is 9.77. The quantitative estimate of drug-likeness (QED) is 0.811. The lowest BCUT2D eigenvalue weighted by atomic mass is 10.1. The molecule has 0 spiro atoms. The molecule has 1 aromatic rings. The molecular weight excluding hydrogens is 214 g/mol. The molecule has 0 saturated heterocycles. The predicted molar refractivity (Wildman–Crippen MR) is 61.5 cm³/mol. The average Bonchev–Trinajstić information content (AvgIpc) is 2.21. The molecule has 0 unspecified atom stereocenters. The maximum atomic E-state index is 9.73. The molecular formula is C11H16ClNO2. The number of rotatable bonds is 5. The van der Waals surface area contributed by atoms with Crippen LogP contribution in [0.1, 0.15) is 11.1 Å². The lowest BCUT2D eigenvalue weighted by molar-refractivity contribution is 0.184. The van der Waals surface area contributed by atoms with Gasteiger partial charge in [0.05, 0.1) is 6.61 Å². The Labute approximate surface area is 95.0 Å². The molecule has 0 heterocycles. The molecule has 0 bridgehead atoms. The summed E-state index contributed by atoms with van der Waals surface area (Å²) in [6, 6.07) is 3.46. The first-order valence-corrected chi connectivity index (χ1v) is 5.20. The lowest BCUT2D eigenvalue weighted by Crippen LogP contribution is -2.10. The van der Waals surface area contributed by atoms with Crippen LogP contribution in [-0.4, -0.2) is 25.8 Å². The van der Waals surface area contributed by atoms with Gasteiger partial charge in [-0.05, 0) is 43.3 Å². The Morgan fingerprint density at radius 2 is 2.13 bits per heavy atom. The molecule has 1 aromatic carbocycles. The van der Waals surface area contributed by atoms with E-state index in [4.69, 9.17) is 16.3 Å². The highest BCUT2D eigenvalue weighted by molar-refractivity contribution is 6.31. The van der Waals surface area contributed by atoms with Crippen LogP contribution in [0.15, 0.2) is 12.1 Å². The van der Waals surface area contributed by atoms with Crippen LogP contribution in [0.4, 0.5) is 0 Å².